The lowest BCUT2D eigenvalue weighted by Gasteiger charge is -2.14. The molecule has 1 unspecified atom stereocenters. The molecule has 1 atom stereocenters. The average molecular weight is 309 g/mol. The fraction of sp³-hybridized carbons (Fsp3) is 0.263. The minimum Gasteiger partial charge on any atom is -0.478 e. The summed E-state index contributed by atoms with van der Waals surface area (Å²) in [7, 11) is 0. The first-order chi connectivity index (χ1) is 11.1. The third kappa shape index (κ3) is 3.42. The van der Waals surface area contributed by atoms with Gasteiger partial charge in [0.25, 0.3) is 0 Å². The van der Waals surface area contributed by atoms with E-state index in [1.54, 1.807) is 24.3 Å². The van der Waals surface area contributed by atoms with Crippen LogP contribution in [0.1, 0.15) is 45.9 Å². The van der Waals surface area contributed by atoms with Crippen LogP contribution >= 0.6 is 0 Å². The topological polar surface area (TPSA) is 66.4 Å². The monoisotopic (exact) mass is 309 g/mol. The number of aryl methyl sites for hydroxylation is 2. The van der Waals surface area contributed by atoms with Crippen molar-refractivity contribution in [2.75, 3.05) is 0 Å². The molecule has 0 aliphatic heterocycles. The Labute approximate surface area is 135 Å². The maximum atomic E-state index is 12.2. The van der Waals surface area contributed by atoms with Crippen molar-refractivity contribution in [3.8, 4) is 0 Å². The maximum absolute atomic E-state index is 12.2. The Morgan fingerprint density at radius 1 is 1.09 bits per heavy atom. The first-order valence-corrected chi connectivity index (χ1v) is 7.83. The van der Waals surface area contributed by atoms with Crippen molar-refractivity contribution < 1.29 is 14.7 Å². The summed E-state index contributed by atoms with van der Waals surface area (Å²) in [6.07, 6.45) is 2.64. The van der Waals surface area contributed by atoms with E-state index in [1.165, 1.54) is 11.1 Å². The lowest BCUT2D eigenvalue weighted by atomic mass is 10.0. The molecule has 118 valence electrons. The van der Waals surface area contributed by atoms with E-state index in [2.05, 4.69) is 17.4 Å². The van der Waals surface area contributed by atoms with Crippen molar-refractivity contribution in [1.82, 2.24) is 5.32 Å². The van der Waals surface area contributed by atoms with Gasteiger partial charge in [0, 0.05) is 6.42 Å². The van der Waals surface area contributed by atoms with E-state index >= 15 is 0 Å². The highest BCUT2D eigenvalue weighted by molar-refractivity contribution is 5.89. The van der Waals surface area contributed by atoms with Crippen LogP contribution < -0.4 is 5.32 Å². The molecular formula is C19H19NO3. The second-order valence-corrected chi connectivity index (χ2v) is 5.82. The molecule has 0 heterocycles. The number of carbonyl (C=O) groups excluding carboxylic acids is 1. The molecule has 0 aromatic heterocycles. The number of hydrogen-bond acceptors (Lipinski definition) is 2. The molecule has 0 bridgehead atoms. The van der Waals surface area contributed by atoms with Crippen LogP contribution in [-0.4, -0.2) is 17.0 Å². The third-order valence-electron chi connectivity index (χ3n) is 4.34. The number of aromatic carboxylic acids is 1. The van der Waals surface area contributed by atoms with Gasteiger partial charge in [0.2, 0.25) is 5.91 Å². The number of fused-ring (bicyclic) bond motifs is 1. The van der Waals surface area contributed by atoms with Crippen LogP contribution in [0, 0.1) is 0 Å². The molecule has 2 aromatic carbocycles. The van der Waals surface area contributed by atoms with Crippen LogP contribution in [0.4, 0.5) is 0 Å². The largest absolute Gasteiger partial charge is 0.478 e. The standard InChI is InChI=1S/C19H19NO3/c21-18(12-10-14-6-2-4-8-16(14)19(22)23)20-17-11-9-13-5-1-3-7-15(13)17/h1-8,17H,9-12H2,(H,20,21)(H,22,23). The Morgan fingerprint density at radius 2 is 1.83 bits per heavy atom. The van der Waals surface area contributed by atoms with E-state index in [1.807, 2.05) is 12.1 Å². The van der Waals surface area contributed by atoms with Crippen LogP contribution in [-0.2, 0) is 17.6 Å². The second-order valence-electron chi connectivity index (χ2n) is 5.82. The zero-order valence-corrected chi connectivity index (χ0v) is 12.8. The van der Waals surface area contributed by atoms with Gasteiger partial charge in [0.05, 0.1) is 11.6 Å². The first-order valence-electron chi connectivity index (χ1n) is 7.83. The molecular weight excluding hydrogens is 290 g/mol. The van der Waals surface area contributed by atoms with Crippen molar-refractivity contribution in [3.63, 3.8) is 0 Å². The normalized spacial score (nSPS) is 15.9. The van der Waals surface area contributed by atoms with Crippen LogP contribution in [0.5, 0.6) is 0 Å². The number of rotatable bonds is 5. The first kappa shape index (κ1) is 15.3. The van der Waals surface area contributed by atoms with Gasteiger partial charge in [0.1, 0.15) is 0 Å². The Balaban J connectivity index is 1.60. The summed E-state index contributed by atoms with van der Waals surface area (Å²) in [5.41, 5.74) is 3.47. The molecule has 2 aromatic rings. The number of nitrogens with one attached hydrogen (secondary N) is 1. The Morgan fingerprint density at radius 3 is 2.65 bits per heavy atom. The summed E-state index contributed by atoms with van der Waals surface area (Å²) in [6.45, 7) is 0. The van der Waals surface area contributed by atoms with Gasteiger partial charge in [-0.2, -0.15) is 0 Å². The van der Waals surface area contributed by atoms with E-state index < -0.39 is 5.97 Å². The molecule has 3 rings (SSSR count). The molecule has 1 aliphatic rings. The van der Waals surface area contributed by atoms with Gasteiger partial charge in [-0.1, -0.05) is 42.5 Å². The predicted molar refractivity (Wildman–Crippen MR) is 87.4 cm³/mol. The summed E-state index contributed by atoms with van der Waals surface area (Å²) >= 11 is 0. The van der Waals surface area contributed by atoms with Crippen LogP contribution in [0.25, 0.3) is 0 Å². The molecule has 0 radical (unpaired) electrons. The van der Waals surface area contributed by atoms with Crippen molar-refractivity contribution >= 4 is 11.9 Å². The summed E-state index contributed by atoms with van der Waals surface area (Å²) in [6, 6.07) is 15.1. The van der Waals surface area contributed by atoms with Crippen molar-refractivity contribution in [2.45, 2.75) is 31.7 Å². The summed E-state index contributed by atoms with van der Waals surface area (Å²) in [5, 5.41) is 12.2. The van der Waals surface area contributed by atoms with Crippen molar-refractivity contribution in [2.24, 2.45) is 0 Å². The smallest absolute Gasteiger partial charge is 0.335 e. The number of amides is 1. The van der Waals surface area contributed by atoms with Gasteiger partial charge < -0.3 is 10.4 Å². The van der Waals surface area contributed by atoms with Crippen molar-refractivity contribution in [1.29, 1.82) is 0 Å². The lowest BCUT2D eigenvalue weighted by Crippen LogP contribution is -2.27. The third-order valence-corrected chi connectivity index (χ3v) is 4.34. The van der Waals surface area contributed by atoms with Gasteiger partial charge in [-0.15, -0.1) is 0 Å². The summed E-state index contributed by atoms with van der Waals surface area (Å²) in [4.78, 5) is 23.4. The molecule has 2 N–H and O–H groups in total. The summed E-state index contributed by atoms with van der Waals surface area (Å²) in [5.74, 6) is -0.988. The van der Waals surface area contributed by atoms with E-state index in [9.17, 15) is 9.59 Å². The molecule has 23 heavy (non-hydrogen) atoms. The molecule has 1 aliphatic carbocycles. The fourth-order valence-corrected chi connectivity index (χ4v) is 3.17. The Bertz CT molecular complexity index is 739. The highest BCUT2D eigenvalue weighted by Crippen LogP contribution is 2.30. The number of carboxylic acids is 1. The quantitative estimate of drug-likeness (QED) is 0.892. The molecule has 0 saturated carbocycles. The highest BCUT2D eigenvalue weighted by atomic mass is 16.4. The van der Waals surface area contributed by atoms with Crippen molar-refractivity contribution in [3.05, 3.63) is 70.8 Å². The molecule has 4 nitrogen and oxygen atoms in total. The van der Waals surface area contributed by atoms with Crippen LogP contribution in [0.2, 0.25) is 0 Å². The van der Waals surface area contributed by atoms with E-state index in [-0.39, 0.29) is 17.5 Å². The number of carboxylic acid groups (broad SMARTS) is 1. The predicted octanol–water partition coefficient (Wildman–Crippen LogP) is 3.12. The molecule has 0 spiro atoms. The SMILES string of the molecule is O=C(CCc1ccccc1C(=O)O)NC1CCc2ccccc21. The van der Waals surface area contributed by atoms with Gasteiger partial charge >= 0.3 is 5.97 Å². The van der Waals surface area contributed by atoms with Gasteiger partial charge in [-0.25, -0.2) is 4.79 Å². The fourth-order valence-electron chi connectivity index (χ4n) is 3.17. The van der Waals surface area contributed by atoms with E-state index in [0.717, 1.165) is 12.8 Å². The van der Waals surface area contributed by atoms with E-state index in [4.69, 9.17) is 5.11 Å². The van der Waals surface area contributed by atoms with Gasteiger partial charge in [0.15, 0.2) is 0 Å². The number of benzene rings is 2. The minimum absolute atomic E-state index is 0.0353. The molecule has 0 saturated heterocycles. The number of carbonyl (C=O) groups is 2. The maximum Gasteiger partial charge on any atom is 0.335 e. The van der Waals surface area contributed by atoms with Gasteiger partial charge in [-0.05, 0) is 42.0 Å². The van der Waals surface area contributed by atoms with Crippen LogP contribution in [0.3, 0.4) is 0 Å². The zero-order chi connectivity index (χ0) is 16.2. The molecule has 0 fully saturated rings. The van der Waals surface area contributed by atoms with Crippen LogP contribution in [0.15, 0.2) is 48.5 Å². The second kappa shape index (κ2) is 6.65. The average Bonchev–Trinajstić information content (AvgIpc) is 2.96. The number of hydrogen-bond donors (Lipinski definition) is 2. The molecule has 1 amide bonds. The Kier molecular flexibility index (Phi) is 4.42. The highest BCUT2D eigenvalue weighted by Gasteiger charge is 2.23. The lowest BCUT2D eigenvalue weighted by molar-refractivity contribution is -0.121. The summed E-state index contributed by atoms with van der Waals surface area (Å²) < 4.78 is 0. The minimum atomic E-state index is -0.953. The van der Waals surface area contributed by atoms with Gasteiger partial charge in [-0.3, -0.25) is 4.79 Å². The zero-order valence-electron chi connectivity index (χ0n) is 12.8. The Hall–Kier alpha value is -2.62. The van der Waals surface area contributed by atoms with E-state index in [0.29, 0.717) is 18.4 Å². The molecule has 4 heteroatoms.